The van der Waals surface area contributed by atoms with Crippen LogP contribution in [-0.4, -0.2) is 58.7 Å². The summed E-state index contributed by atoms with van der Waals surface area (Å²) in [6, 6.07) is 5.39. The van der Waals surface area contributed by atoms with E-state index in [0.717, 1.165) is 30.5 Å². The number of hydrogen-bond acceptors (Lipinski definition) is 7. The van der Waals surface area contributed by atoms with Crippen molar-refractivity contribution in [2.24, 2.45) is 0 Å². The number of methoxy groups -OCH3 is 1. The van der Waals surface area contributed by atoms with Gasteiger partial charge in [0.1, 0.15) is 29.0 Å². The molecule has 0 radical (unpaired) electrons. The molecule has 2 heterocycles. The second kappa shape index (κ2) is 11.6. The summed E-state index contributed by atoms with van der Waals surface area (Å²) in [6.45, 7) is 0. The van der Waals surface area contributed by atoms with Crippen LogP contribution in [0.5, 0.6) is 17.4 Å². The topological polar surface area (TPSA) is 110 Å². The number of pyridine rings is 1. The van der Waals surface area contributed by atoms with Gasteiger partial charge in [-0.15, -0.1) is 0 Å². The van der Waals surface area contributed by atoms with Crippen molar-refractivity contribution in [3.63, 3.8) is 0 Å². The molecular formula is C25H30FN3O5S. The Morgan fingerprint density at radius 3 is 2.26 bits per heavy atom. The van der Waals surface area contributed by atoms with Gasteiger partial charge in [-0.2, -0.15) is 11.8 Å². The maximum Gasteiger partial charge on any atom is 0.257 e. The zero-order valence-corrected chi connectivity index (χ0v) is 20.4. The highest BCUT2D eigenvalue weighted by Crippen LogP contribution is 2.27. The average Bonchev–Trinajstić information content (AvgIpc) is 2.86. The van der Waals surface area contributed by atoms with Crippen LogP contribution in [0.25, 0.3) is 0 Å². The van der Waals surface area contributed by atoms with Crippen LogP contribution in [0.1, 0.15) is 59.2 Å². The first kappa shape index (κ1) is 25.1. The van der Waals surface area contributed by atoms with Gasteiger partial charge in [0, 0.05) is 18.2 Å². The number of ether oxygens (including phenoxy) is 2. The SMILES string of the molecule is COc1cc(O)ccc1C(=O)NC1CCC(NC(=O)c2cc(F)cnc2OC2CCSCC2)CC1. The van der Waals surface area contributed by atoms with Gasteiger partial charge in [-0.1, -0.05) is 0 Å². The average molecular weight is 504 g/mol. The lowest BCUT2D eigenvalue weighted by molar-refractivity contribution is 0.0884. The molecule has 4 rings (SSSR count). The van der Waals surface area contributed by atoms with E-state index >= 15 is 0 Å². The molecular weight excluding hydrogens is 473 g/mol. The van der Waals surface area contributed by atoms with E-state index in [1.165, 1.54) is 31.4 Å². The molecule has 3 N–H and O–H groups in total. The number of aromatic nitrogens is 1. The number of nitrogens with zero attached hydrogens (tertiary/aromatic N) is 1. The standard InChI is InChI=1S/C25H30FN3O5S/c1-33-22-13-18(30)6-7-20(22)23(31)28-16-2-4-17(5-3-16)29-24(32)21-12-15(26)14-27-25(21)34-19-8-10-35-11-9-19/h6-7,12-14,16-17,19,30H,2-5,8-11H2,1H3,(H,28,31)(H,29,32). The first-order valence-corrected chi connectivity index (χ1v) is 13.0. The van der Waals surface area contributed by atoms with Crippen molar-refractivity contribution in [1.29, 1.82) is 0 Å². The maximum absolute atomic E-state index is 13.9. The molecule has 0 spiro atoms. The molecule has 1 aliphatic heterocycles. The van der Waals surface area contributed by atoms with Gasteiger partial charge >= 0.3 is 0 Å². The quantitative estimate of drug-likeness (QED) is 0.529. The zero-order chi connectivity index (χ0) is 24.8. The molecule has 2 aliphatic rings. The van der Waals surface area contributed by atoms with Gasteiger partial charge in [0.15, 0.2) is 0 Å². The fourth-order valence-electron chi connectivity index (χ4n) is 4.41. The third kappa shape index (κ3) is 6.56. The van der Waals surface area contributed by atoms with Gasteiger partial charge < -0.3 is 25.2 Å². The van der Waals surface area contributed by atoms with E-state index in [9.17, 15) is 19.1 Å². The molecule has 188 valence electrons. The normalized spacial score (nSPS) is 20.6. The summed E-state index contributed by atoms with van der Waals surface area (Å²) in [5.41, 5.74) is 0.460. The smallest absolute Gasteiger partial charge is 0.257 e. The highest BCUT2D eigenvalue weighted by atomic mass is 32.2. The molecule has 8 nitrogen and oxygen atoms in total. The fraction of sp³-hybridized carbons (Fsp3) is 0.480. The van der Waals surface area contributed by atoms with Crippen molar-refractivity contribution < 1.29 is 28.6 Å². The molecule has 2 fully saturated rings. The minimum Gasteiger partial charge on any atom is -0.508 e. The third-order valence-corrected chi connectivity index (χ3v) is 7.39. The molecule has 1 aromatic carbocycles. The zero-order valence-electron chi connectivity index (χ0n) is 19.6. The molecule has 0 unspecified atom stereocenters. The van der Waals surface area contributed by atoms with Crippen molar-refractivity contribution in [2.75, 3.05) is 18.6 Å². The second-order valence-corrected chi connectivity index (χ2v) is 10.0. The monoisotopic (exact) mass is 503 g/mol. The Hall–Kier alpha value is -3.01. The summed E-state index contributed by atoms with van der Waals surface area (Å²) in [5, 5.41) is 15.6. The number of benzene rings is 1. The summed E-state index contributed by atoms with van der Waals surface area (Å²) >= 11 is 1.87. The second-order valence-electron chi connectivity index (χ2n) is 8.82. The number of phenolic OH excluding ortho intramolecular Hbond substituents is 1. The van der Waals surface area contributed by atoms with Gasteiger partial charge in [0.05, 0.1) is 18.9 Å². The lowest BCUT2D eigenvalue weighted by atomic mass is 9.90. The van der Waals surface area contributed by atoms with Crippen LogP contribution in [0.15, 0.2) is 30.5 Å². The number of carbonyl (C=O) groups excluding carboxylic acids is 2. The Labute approximate surface area is 208 Å². The number of halogens is 1. The maximum atomic E-state index is 13.9. The minimum absolute atomic E-state index is 0.0213. The summed E-state index contributed by atoms with van der Waals surface area (Å²) in [4.78, 5) is 29.7. The van der Waals surface area contributed by atoms with E-state index in [1.807, 2.05) is 11.8 Å². The fourth-order valence-corrected chi connectivity index (χ4v) is 5.47. The Morgan fingerprint density at radius 1 is 1.00 bits per heavy atom. The first-order valence-electron chi connectivity index (χ1n) is 11.8. The number of amides is 2. The molecule has 1 aromatic heterocycles. The number of rotatable bonds is 7. The Balaban J connectivity index is 1.31. The molecule has 0 atom stereocenters. The number of thioether (sulfide) groups is 1. The molecule has 10 heteroatoms. The summed E-state index contributed by atoms with van der Waals surface area (Å²) in [5.74, 6) is 1.22. The van der Waals surface area contributed by atoms with Gasteiger partial charge in [0.25, 0.3) is 11.8 Å². The van der Waals surface area contributed by atoms with Crippen LogP contribution in [0.2, 0.25) is 0 Å². The molecule has 2 amide bonds. The number of aromatic hydroxyl groups is 1. The van der Waals surface area contributed by atoms with E-state index in [0.29, 0.717) is 37.0 Å². The van der Waals surface area contributed by atoms with Crippen LogP contribution >= 0.6 is 11.8 Å². The van der Waals surface area contributed by atoms with Crippen molar-refractivity contribution >= 4 is 23.6 Å². The molecule has 1 saturated carbocycles. The first-order chi connectivity index (χ1) is 16.9. The van der Waals surface area contributed by atoms with Crippen LogP contribution < -0.4 is 20.1 Å². The summed E-state index contributed by atoms with van der Waals surface area (Å²) < 4.78 is 25.0. The highest BCUT2D eigenvalue weighted by molar-refractivity contribution is 7.99. The molecule has 35 heavy (non-hydrogen) atoms. The third-order valence-electron chi connectivity index (χ3n) is 6.34. The number of carbonyl (C=O) groups is 2. The van der Waals surface area contributed by atoms with E-state index in [4.69, 9.17) is 9.47 Å². The van der Waals surface area contributed by atoms with E-state index < -0.39 is 11.7 Å². The van der Waals surface area contributed by atoms with Crippen molar-refractivity contribution in [2.45, 2.75) is 56.7 Å². The van der Waals surface area contributed by atoms with E-state index in [-0.39, 0.29) is 41.3 Å². The highest BCUT2D eigenvalue weighted by Gasteiger charge is 2.27. The number of phenols is 1. The van der Waals surface area contributed by atoms with Crippen molar-refractivity contribution in [3.05, 3.63) is 47.4 Å². The molecule has 1 aliphatic carbocycles. The predicted molar refractivity (Wildman–Crippen MR) is 131 cm³/mol. The number of hydrogen-bond donors (Lipinski definition) is 3. The minimum atomic E-state index is -0.585. The lowest BCUT2D eigenvalue weighted by Crippen LogP contribution is -2.44. The predicted octanol–water partition coefficient (Wildman–Crippen LogP) is 3.68. The van der Waals surface area contributed by atoms with Crippen LogP contribution in [0.4, 0.5) is 4.39 Å². The summed E-state index contributed by atoms with van der Waals surface area (Å²) in [7, 11) is 1.44. The Morgan fingerprint density at radius 2 is 1.63 bits per heavy atom. The van der Waals surface area contributed by atoms with E-state index in [1.54, 1.807) is 0 Å². The van der Waals surface area contributed by atoms with Crippen LogP contribution in [-0.2, 0) is 0 Å². The van der Waals surface area contributed by atoms with Crippen LogP contribution in [0.3, 0.4) is 0 Å². The van der Waals surface area contributed by atoms with E-state index in [2.05, 4.69) is 15.6 Å². The van der Waals surface area contributed by atoms with Gasteiger partial charge in [0.2, 0.25) is 5.88 Å². The molecule has 2 aromatic rings. The van der Waals surface area contributed by atoms with Gasteiger partial charge in [-0.05, 0) is 68.2 Å². The molecule has 0 bridgehead atoms. The van der Waals surface area contributed by atoms with Crippen LogP contribution in [0, 0.1) is 5.82 Å². The largest absolute Gasteiger partial charge is 0.508 e. The number of nitrogens with one attached hydrogen (secondary N) is 2. The van der Waals surface area contributed by atoms with Gasteiger partial charge in [-0.25, -0.2) is 9.37 Å². The van der Waals surface area contributed by atoms with Gasteiger partial charge in [-0.3, -0.25) is 9.59 Å². The van der Waals surface area contributed by atoms with Crippen molar-refractivity contribution in [3.8, 4) is 17.4 Å². The Kier molecular flexibility index (Phi) is 8.33. The lowest BCUT2D eigenvalue weighted by Gasteiger charge is -2.30. The molecule has 1 saturated heterocycles. The summed E-state index contributed by atoms with van der Waals surface area (Å²) in [6.07, 6.45) is 5.49. The Bertz CT molecular complexity index is 1060. The van der Waals surface area contributed by atoms with Crippen molar-refractivity contribution in [1.82, 2.24) is 15.6 Å².